The smallest absolute Gasteiger partial charge is 0.408 e. The lowest BCUT2D eigenvalue weighted by atomic mass is 9.44. The van der Waals surface area contributed by atoms with E-state index in [4.69, 9.17) is 33.3 Å². The molecule has 5 aliphatic rings. The number of fused-ring (bicyclic) bond motifs is 5. The number of hydroxylamine groups is 2. The number of aliphatic hydroxyl groups is 3. The Morgan fingerprint density at radius 2 is 1.47 bits per heavy atom. The van der Waals surface area contributed by atoms with Crippen LogP contribution in [0.25, 0.3) is 0 Å². The van der Waals surface area contributed by atoms with Gasteiger partial charge in [0.25, 0.3) is 11.8 Å². The molecule has 2 aromatic rings. The molecule has 2 heterocycles. The van der Waals surface area contributed by atoms with Crippen molar-refractivity contribution in [3.05, 3.63) is 82.9 Å². The fraction of sp³-hybridized carbons (Fsp3) is 0.549. The van der Waals surface area contributed by atoms with E-state index in [1.54, 1.807) is 57.2 Å². The number of carbonyl (C=O) groups is 9. The number of nitrogens with zero attached hydrogens (tertiary/aromatic N) is 1. The first-order valence-electron chi connectivity index (χ1n) is 23.6. The van der Waals surface area contributed by atoms with Gasteiger partial charge in [-0.2, -0.15) is 0 Å². The van der Waals surface area contributed by atoms with Crippen LogP contribution in [0.15, 0.2) is 71.8 Å². The normalized spacial score (nSPS) is 30.4. The van der Waals surface area contributed by atoms with Crippen LogP contribution in [-0.2, 0) is 66.8 Å². The zero-order chi connectivity index (χ0) is 52.9. The van der Waals surface area contributed by atoms with Crippen molar-refractivity contribution in [2.45, 2.75) is 153 Å². The first kappa shape index (κ1) is 53.3. The summed E-state index contributed by atoms with van der Waals surface area (Å²) in [7, 11) is 0. The van der Waals surface area contributed by atoms with Crippen molar-refractivity contribution >= 4 is 53.5 Å². The molecule has 3 aliphatic carbocycles. The molecule has 4 N–H and O–H groups in total. The summed E-state index contributed by atoms with van der Waals surface area (Å²) in [6.45, 7) is 11.2. The minimum Gasteiger partial charge on any atom is -0.455 e. The van der Waals surface area contributed by atoms with Gasteiger partial charge in [0.15, 0.2) is 11.4 Å². The third kappa shape index (κ3) is 9.73. The minimum atomic E-state index is -2.51. The number of amides is 3. The van der Waals surface area contributed by atoms with Crippen LogP contribution in [0.4, 0.5) is 4.79 Å². The summed E-state index contributed by atoms with van der Waals surface area (Å²) in [6.07, 6.45) is -14.4. The van der Waals surface area contributed by atoms with Crippen molar-refractivity contribution in [3.63, 3.8) is 0 Å². The molecule has 0 radical (unpaired) electrons. The minimum absolute atomic E-state index is 0.0134. The Labute approximate surface area is 414 Å². The summed E-state index contributed by atoms with van der Waals surface area (Å²) in [6, 6.07) is 13.8. The summed E-state index contributed by atoms with van der Waals surface area (Å²) in [4.78, 5) is 127. The van der Waals surface area contributed by atoms with Crippen molar-refractivity contribution in [1.29, 1.82) is 0 Å². The number of nitrogens with one attached hydrogen (secondary N) is 1. The molecule has 0 aromatic heterocycles. The number of benzene rings is 2. The molecule has 3 amide bonds. The molecule has 21 nitrogen and oxygen atoms in total. The van der Waals surface area contributed by atoms with Crippen LogP contribution in [0.5, 0.6) is 0 Å². The van der Waals surface area contributed by atoms with E-state index in [0.29, 0.717) is 5.06 Å². The summed E-state index contributed by atoms with van der Waals surface area (Å²) in [5.74, 6) is -9.72. The molecule has 1 unspecified atom stereocenters. The van der Waals surface area contributed by atoms with E-state index in [1.165, 1.54) is 52.0 Å². The predicted octanol–water partition coefficient (Wildman–Crippen LogP) is 3.20. The largest absolute Gasteiger partial charge is 0.455 e. The fourth-order valence-corrected chi connectivity index (χ4v) is 10.9. The fourth-order valence-electron chi connectivity index (χ4n) is 10.9. The van der Waals surface area contributed by atoms with E-state index in [1.807, 2.05) is 0 Å². The number of carbonyl (C=O) groups excluding carboxylic acids is 9. The second-order valence-corrected chi connectivity index (χ2v) is 20.6. The summed E-state index contributed by atoms with van der Waals surface area (Å²) >= 11 is 0. The van der Waals surface area contributed by atoms with Crippen LogP contribution in [0.1, 0.15) is 116 Å². The number of ketones is 1. The number of ether oxygens (including phenoxy) is 6. The van der Waals surface area contributed by atoms with Crippen molar-refractivity contribution in [2.75, 3.05) is 6.61 Å². The molecular weight excluding hydrogens is 945 g/mol. The Balaban J connectivity index is 1.32. The van der Waals surface area contributed by atoms with Gasteiger partial charge >= 0.3 is 35.9 Å². The van der Waals surface area contributed by atoms with Crippen LogP contribution in [0.2, 0.25) is 0 Å². The van der Waals surface area contributed by atoms with Crippen LogP contribution in [0, 0.1) is 16.7 Å². The number of aliphatic hydroxyl groups excluding tert-OH is 2. The number of rotatable bonds is 13. The summed E-state index contributed by atoms with van der Waals surface area (Å²) < 4.78 is 35.7. The highest BCUT2D eigenvalue weighted by atomic mass is 16.7. The van der Waals surface area contributed by atoms with E-state index >= 15 is 9.59 Å². The topological polar surface area (TPSA) is 294 Å². The van der Waals surface area contributed by atoms with Crippen LogP contribution < -0.4 is 5.32 Å². The van der Waals surface area contributed by atoms with E-state index in [9.17, 15) is 48.9 Å². The van der Waals surface area contributed by atoms with Crippen molar-refractivity contribution < 1.29 is 91.7 Å². The molecule has 2 saturated heterocycles. The SMILES string of the molecule is CC(=O)O[C@@]12CO[C@@H]1C[C@H](O)[C@@]1(C)C(=O)[C@H](O)C3=C(C)[C@@H](OC(=O)[C@H](OC(=O)CCC(=O)ON4C(=O)CCC4=O)[C@@H](NC(=O)OC(C)(C)C)c4ccccc4)C[C@@](O)([C@@H](OC(=O)c4ccccc4)C12)C3(C)C. The lowest BCUT2D eigenvalue weighted by Gasteiger charge is -2.67. The summed E-state index contributed by atoms with van der Waals surface area (Å²) in [5.41, 5.74) is -9.23. The second-order valence-electron chi connectivity index (χ2n) is 20.6. The third-order valence-corrected chi connectivity index (χ3v) is 14.5. The highest BCUT2D eigenvalue weighted by Gasteiger charge is 2.78. The maximum atomic E-state index is 15.2. The lowest BCUT2D eigenvalue weighted by molar-refractivity contribution is -0.346. The molecular formula is C51H60N2O19. The Morgan fingerprint density at radius 1 is 0.875 bits per heavy atom. The standard InChI is InChI=1S/C51H60N2O19/c1-26-30(67-45(63)40(38(28-15-11-9-12-16-28)52-46(64)71-47(3,4)5)68-35(58)21-22-36(59)72-53-33(56)19-20-34(53)57)24-51(65)43(69-44(62)29-17-13-10-14-18-29)41-49(8,42(61)39(60)37(26)48(51,6)7)31(55)23-32-50(41,25-66-32)70-27(2)54/h9-18,30-32,38-41,43,55,60,65H,19-25H2,1-8H3,(H,52,64)/t30-,31-,32+,38-,39+,40+,41?,43-,49+,50-,51+/m0/s1. The number of imide groups is 1. The van der Waals surface area contributed by atoms with Crippen molar-refractivity contribution in [3.8, 4) is 0 Å². The predicted molar refractivity (Wildman–Crippen MR) is 244 cm³/mol. The zero-order valence-electron chi connectivity index (χ0n) is 41.2. The number of esters is 4. The zero-order valence-corrected chi connectivity index (χ0v) is 41.2. The Kier molecular flexibility index (Phi) is 14.7. The van der Waals surface area contributed by atoms with E-state index in [0.717, 1.165) is 6.92 Å². The maximum absolute atomic E-state index is 15.2. The van der Waals surface area contributed by atoms with Gasteiger partial charge in [-0.1, -0.05) is 62.4 Å². The van der Waals surface area contributed by atoms with Crippen molar-refractivity contribution in [1.82, 2.24) is 10.4 Å². The molecule has 7 rings (SSSR count). The second kappa shape index (κ2) is 19.8. The Hall–Kier alpha value is -6.55. The van der Waals surface area contributed by atoms with E-state index < -0.39 is 149 Å². The number of hydrogen-bond acceptors (Lipinski definition) is 19. The molecule has 388 valence electrons. The molecule has 11 atom stereocenters. The first-order chi connectivity index (χ1) is 33.7. The Morgan fingerprint density at radius 3 is 2.04 bits per heavy atom. The first-order valence-corrected chi connectivity index (χ1v) is 23.6. The molecule has 2 aliphatic heterocycles. The number of hydrogen-bond donors (Lipinski definition) is 4. The molecule has 2 aromatic carbocycles. The lowest BCUT2D eigenvalue weighted by Crippen LogP contribution is -2.81. The van der Waals surface area contributed by atoms with Crippen LogP contribution >= 0.6 is 0 Å². The van der Waals surface area contributed by atoms with E-state index in [-0.39, 0.29) is 48.1 Å². The quantitative estimate of drug-likeness (QED) is 0.0969. The van der Waals surface area contributed by atoms with Gasteiger partial charge in [-0.15, -0.1) is 5.06 Å². The highest BCUT2D eigenvalue weighted by molar-refractivity contribution is 6.01. The van der Waals surface area contributed by atoms with E-state index in [2.05, 4.69) is 5.32 Å². The van der Waals surface area contributed by atoms with Crippen molar-refractivity contribution in [2.24, 2.45) is 16.7 Å². The van der Waals surface area contributed by atoms with Gasteiger partial charge in [0.1, 0.15) is 41.7 Å². The number of alkyl carbamates (subject to hydrolysis) is 1. The molecule has 2 saturated carbocycles. The molecule has 72 heavy (non-hydrogen) atoms. The highest BCUT2D eigenvalue weighted by Crippen LogP contribution is 2.64. The van der Waals surface area contributed by atoms with Gasteiger partial charge in [-0.25, -0.2) is 19.2 Å². The molecule has 0 spiro atoms. The molecule has 4 fully saturated rings. The monoisotopic (exact) mass is 1000 g/mol. The van der Waals surface area contributed by atoms with Gasteiger partial charge in [0.2, 0.25) is 6.10 Å². The van der Waals surface area contributed by atoms with Crippen LogP contribution in [0.3, 0.4) is 0 Å². The summed E-state index contributed by atoms with van der Waals surface area (Å²) in [5, 5.41) is 41.0. The average molecular weight is 1010 g/mol. The van der Waals surface area contributed by atoms with Gasteiger partial charge in [0.05, 0.1) is 42.4 Å². The van der Waals surface area contributed by atoms with Gasteiger partial charge < -0.3 is 53.9 Å². The van der Waals surface area contributed by atoms with Gasteiger partial charge in [-0.05, 0) is 63.5 Å². The van der Waals surface area contributed by atoms with Gasteiger partial charge in [0, 0.05) is 38.0 Å². The number of Topliss-reactive ketones (excluding diaryl/α,β-unsaturated/α-hetero) is 1. The Bertz CT molecular complexity index is 2540. The van der Waals surface area contributed by atoms with Gasteiger partial charge in [-0.3, -0.25) is 24.0 Å². The molecule has 21 heteroatoms. The average Bonchev–Trinajstić information content (AvgIpc) is 3.62. The molecule has 2 bridgehead atoms. The maximum Gasteiger partial charge on any atom is 0.408 e. The van der Waals surface area contributed by atoms with Crippen LogP contribution in [-0.4, -0.2) is 134 Å². The third-order valence-electron chi connectivity index (χ3n) is 14.5.